The molecule has 0 aliphatic carbocycles. The lowest BCUT2D eigenvalue weighted by Crippen LogP contribution is -2.38. The summed E-state index contributed by atoms with van der Waals surface area (Å²) >= 11 is 5.26. The zero-order valence-electron chi connectivity index (χ0n) is 10.2. The Hall–Kier alpha value is -1.82. The number of alkyl halides is 3. The predicted molar refractivity (Wildman–Crippen MR) is 69.7 cm³/mol. The number of halogens is 4. The topological polar surface area (TPSA) is 46.2 Å². The smallest absolute Gasteiger partial charge is 0.372 e. The Balaban J connectivity index is 2.99. The third kappa shape index (κ3) is 4.38. The number of hydrogen-bond acceptors (Lipinski definition) is 3. The molecule has 0 radical (unpaired) electrons. The van der Waals surface area contributed by atoms with E-state index in [4.69, 9.17) is 11.6 Å². The number of carbonyl (C=O) groups is 2. The SMILES string of the molecule is C=CC(Nc1ccccc1CC(=O)Cl)C(=O)C(F)(F)F. The van der Waals surface area contributed by atoms with Crippen LogP contribution in [0.1, 0.15) is 5.56 Å². The normalized spacial score (nSPS) is 12.6. The largest absolute Gasteiger partial charge is 0.452 e. The fourth-order valence-electron chi connectivity index (χ4n) is 1.54. The van der Waals surface area contributed by atoms with E-state index in [1.54, 1.807) is 12.1 Å². The second-order valence-corrected chi connectivity index (χ2v) is 4.33. The van der Waals surface area contributed by atoms with Crippen LogP contribution in [0.3, 0.4) is 0 Å². The maximum Gasteiger partial charge on any atom is 0.452 e. The molecule has 7 heteroatoms. The van der Waals surface area contributed by atoms with Crippen molar-refractivity contribution >= 4 is 28.3 Å². The molecule has 0 aromatic heterocycles. The van der Waals surface area contributed by atoms with Crippen molar-refractivity contribution in [3.05, 3.63) is 42.5 Å². The van der Waals surface area contributed by atoms with Gasteiger partial charge < -0.3 is 5.32 Å². The monoisotopic (exact) mass is 305 g/mol. The van der Waals surface area contributed by atoms with Gasteiger partial charge in [0.1, 0.15) is 6.04 Å². The molecule has 0 spiro atoms. The number of benzene rings is 1. The second kappa shape index (κ2) is 6.56. The number of Topliss-reactive ketones (excluding diaryl/α,β-unsaturated/α-hetero) is 1. The van der Waals surface area contributed by atoms with Crippen LogP contribution in [-0.2, 0) is 16.0 Å². The van der Waals surface area contributed by atoms with Gasteiger partial charge in [0.25, 0.3) is 5.78 Å². The molecule has 0 heterocycles. The van der Waals surface area contributed by atoms with E-state index in [1.807, 2.05) is 0 Å². The zero-order valence-corrected chi connectivity index (χ0v) is 11.0. The highest BCUT2D eigenvalue weighted by molar-refractivity contribution is 6.63. The summed E-state index contributed by atoms with van der Waals surface area (Å²) in [5.41, 5.74) is 0.623. The van der Waals surface area contributed by atoms with Crippen molar-refractivity contribution in [2.75, 3.05) is 5.32 Å². The lowest BCUT2D eigenvalue weighted by atomic mass is 10.1. The Bertz CT molecular complexity index is 529. The summed E-state index contributed by atoms with van der Waals surface area (Å²) in [6, 6.07) is 4.52. The molecular weight excluding hydrogens is 295 g/mol. The van der Waals surface area contributed by atoms with E-state index in [0.717, 1.165) is 6.08 Å². The molecular formula is C13H11ClF3NO2. The van der Waals surface area contributed by atoms with E-state index >= 15 is 0 Å². The van der Waals surface area contributed by atoms with E-state index in [9.17, 15) is 22.8 Å². The molecule has 1 unspecified atom stereocenters. The average Bonchev–Trinajstić information content (AvgIpc) is 2.35. The molecule has 0 aliphatic rings. The summed E-state index contributed by atoms with van der Waals surface area (Å²) in [7, 11) is 0. The van der Waals surface area contributed by atoms with Gasteiger partial charge in [0.2, 0.25) is 5.24 Å². The van der Waals surface area contributed by atoms with Gasteiger partial charge in [-0.25, -0.2) is 0 Å². The molecule has 108 valence electrons. The molecule has 1 N–H and O–H groups in total. The first-order valence-corrected chi connectivity index (χ1v) is 5.90. The molecule has 1 atom stereocenters. The number of hydrogen-bond donors (Lipinski definition) is 1. The molecule has 0 fully saturated rings. The van der Waals surface area contributed by atoms with Crippen LogP contribution in [0.25, 0.3) is 0 Å². The van der Waals surface area contributed by atoms with Gasteiger partial charge >= 0.3 is 6.18 Å². The number of para-hydroxylation sites is 1. The Morgan fingerprint density at radius 1 is 1.35 bits per heavy atom. The van der Waals surface area contributed by atoms with Crippen LogP contribution >= 0.6 is 11.6 Å². The highest BCUT2D eigenvalue weighted by Gasteiger charge is 2.42. The number of carbonyl (C=O) groups excluding carboxylic acids is 2. The Morgan fingerprint density at radius 3 is 2.45 bits per heavy atom. The fraction of sp³-hybridized carbons (Fsp3) is 0.231. The third-order valence-electron chi connectivity index (χ3n) is 2.46. The molecule has 1 aromatic carbocycles. The first-order valence-electron chi connectivity index (χ1n) is 5.52. The summed E-state index contributed by atoms with van der Waals surface area (Å²) < 4.78 is 37.2. The van der Waals surface area contributed by atoms with Crippen LogP contribution in [-0.4, -0.2) is 23.2 Å². The van der Waals surface area contributed by atoms with Crippen LogP contribution in [0.4, 0.5) is 18.9 Å². The van der Waals surface area contributed by atoms with E-state index < -0.39 is 23.2 Å². The first-order chi connectivity index (χ1) is 9.25. The summed E-state index contributed by atoms with van der Waals surface area (Å²) in [6.07, 6.45) is -4.27. The second-order valence-electron chi connectivity index (χ2n) is 3.91. The van der Waals surface area contributed by atoms with E-state index in [-0.39, 0.29) is 12.1 Å². The highest BCUT2D eigenvalue weighted by Crippen LogP contribution is 2.23. The number of rotatable bonds is 6. The lowest BCUT2D eigenvalue weighted by molar-refractivity contribution is -0.170. The van der Waals surface area contributed by atoms with E-state index in [1.165, 1.54) is 12.1 Å². The van der Waals surface area contributed by atoms with Crippen molar-refractivity contribution in [1.29, 1.82) is 0 Å². The molecule has 20 heavy (non-hydrogen) atoms. The summed E-state index contributed by atoms with van der Waals surface area (Å²) in [4.78, 5) is 22.1. The van der Waals surface area contributed by atoms with Crippen molar-refractivity contribution in [2.24, 2.45) is 0 Å². The zero-order chi connectivity index (χ0) is 15.3. The van der Waals surface area contributed by atoms with Crippen molar-refractivity contribution in [2.45, 2.75) is 18.6 Å². The lowest BCUT2D eigenvalue weighted by Gasteiger charge is -2.18. The van der Waals surface area contributed by atoms with Gasteiger partial charge in [-0.2, -0.15) is 13.2 Å². The molecule has 0 saturated heterocycles. The van der Waals surface area contributed by atoms with Crippen LogP contribution in [0.15, 0.2) is 36.9 Å². The van der Waals surface area contributed by atoms with Crippen molar-refractivity contribution < 1.29 is 22.8 Å². The van der Waals surface area contributed by atoms with E-state index in [2.05, 4.69) is 11.9 Å². The molecule has 0 amide bonds. The molecule has 0 bridgehead atoms. The predicted octanol–water partition coefficient (Wildman–Crippen LogP) is 3.09. The van der Waals surface area contributed by atoms with Crippen LogP contribution < -0.4 is 5.32 Å². The van der Waals surface area contributed by atoms with Crippen LogP contribution in [0.5, 0.6) is 0 Å². The fourth-order valence-corrected chi connectivity index (χ4v) is 1.68. The maximum atomic E-state index is 12.4. The standard InChI is InChI=1S/C13H11ClF3NO2/c1-2-9(12(20)13(15,16)17)18-10-6-4-3-5-8(10)7-11(14)19/h2-6,9,18H,1,7H2. The molecule has 3 nitrogen and oxygen atoms in total. The van der Waals surface area contributed by atoms with Gasteiger partial charge in [0, 0.05) is 12.1 Å². The van der Waals surface area contributed by atoms with Gasteiger partial charge in [-0.1, -0.05) is 24.3 Å². The van der Waals surface area contributed by atoms with E-state index in [0.29, 0.717) is 5.56 Å². The van der Waals surface area contributed by atoms with Gasteiger partial charge in [0.05, 0.1) is 0 Å². The molecule has 0 aliphatic heterocycles. The quantitative estimate of drug-likeness (QED) is 0.649. The van der Waals surface area contributed by atoms with Gasteiger partial charge in [-0.05, 0) is 23.2 Å². The Labute approximate surface area is 118 Å². The number of anilines is 1. The van der Waals surface area contributed by atoms with Gasteiger partial charge in [0.15, 0.2) is 0 Å². The highest BCUT2D eigenvalue weighted by atomic mass is 35.5. The summed E-state index contributed by atoms with van der Waals surface area (Å²) in [5, 5.41) is 1.75. The van der Waals surface area contributed by atoms with Gasteiger partial charge in [-0.15, -0.1) is 6.58 Å². The van der Waals surface area contributed by atoms with Crippen molar-refractivity contribution in [1.82, 2.24) is 0 Å². The molecule has 0 saturated carbocycles. The third-order valence-corrected chi connectivity index (χ3v) is 2.59. The Kier molecular flexibility index (Phi) is 5.33. The number of ketones is 1. The van der Waals surface area contributed by atoms with Crippen LogP contribution in [0, 0.1) is 0 Å². The summed E-state index contributed by atoms with van der Waals surface area (Å²) in [5.74, 6) is -1.96. The van der Waals surface area contributed by atoms with Crippen molar-refractivity contribution in [3.8, 4) is 0 Å². The molecule has 1 aromatic rings. The maximum absolute atomic E-state index is 12.4. The summed E-state index contributed by atoms with van der Waals surface area (Å²) in [6.45, 7) is 3.21. The van der Waals surface area contributed by atoms with Crippen molar-refractivity contribution in [3.63, 3.8) is 0 Å². The first kappa shape index (κ1) is 16.2. The minimum Gasteiger partial charge on any atom is -0.372 e. The minimum absolute atomic E-state index is 0.158. The molecule has 1 rings (SSSR count). The Morgan fingerprint density at radius 2 is 1.95 bits per heavy atom. The van der Waals surface area contributed by atoms with Gasteiger partial charge in [-0.3, -0.25) is 9.59 Å². The average molecular weight is 306 g/mol. The number of nitrogens with one attached hydrogen (secondary N) is 1. The van der Waals surface area contributed by atoms with Crippen LogP contribution in [0.2, 0.25) is 0 Å². The minimum atomic E-state index is -4.97.